The minimum absolute atomic E-state index is 1.06. The third kappa shape index (κ3) is 1.50. The average molecular weight is 201 g/mol. The highest BCUT2D eigenvalue weighted by Crippen LogP contribution is 2.32. The van der Waals surface area contributed by atoms with E-state index in [9.17, 15) is 0 Å². The second-order valence-corrected chi connectivity index (χ2v) is 3.52. The third-order valence-corrected chi connectivity index (χ3v) is 2.60. The van der Waals surface area contributed by atoms with E-state index in [1.165, 1.54) is 5.56 Å². The molecule has 15 heavy (non-hydrogen) atoms. The maximum absolute atomic E-state index is 4.40. The molecular formula is C12H15N3. The fourth-order valence-corrected chi connectivity index (χ4v) is 1.89. The molecule has 0 aliphatic rings. The van der Waals surface area contributed by atoms with Gasteiger partial charge >= 0.3 is 0 Å². The molecule has 0 aliphatic heterocycles. The normalized spacial score (nSPS) is 10.3. The lowest BCUT2D eigenvalue weighted by Gasteiger charge is -2.13. The zero-order valence-electron chi connectivity index (χ0n) is 9.26. The number of anilines is 2. The Morgan fingerprint density at radius 2 is 2.00 bits per heavy atom. The molecule has 0 spiro atoms. The van der Waals surface area contributed by atoms with Crippen LogP contribution in [0.1, 0.15) is 5.56 Å². The summed E-state index contributed by atoms with van der Waals surface area (Å²) in [6.45, 7) is 2.08. The first kappa shape index (κ1) is 9.77. The Kier molecular flexibility index (Phi) is 2.46. The van der Waals surface area contributed by atoms with E-state index >= 15 is 0 Å². The number of aryl methyl sites for hydroxylation is 1. The van der Waals surface area contributed by atoms with Gasteiger partial charge in [-0.25, -0.2) is 0 Å². The molecule has 0 unspecified atom stereocenters. The number of benzene rings is 1. The number of fused-ring (bicyclic) bond motifs is 1. The van der Waals surface area contributed by atoms with Crippen molar-refractivity contribution < 1.29 is 0 Å². The van der Waals surface area contributed by atoms with E-state index in [1.807, 2.05) is 26.4 Å². The molecule has 0 fully saturated rings. The van der Waals surface area contributed by atoms with Crippen molar-refractivity contribution in [3.63, 3.8) is 0 Å². The Bertz CT molecular complexity index is 491. The van der Waals surface area contributed by atoms with E-state index < -0.39 is 0 Å². The van der Waals surface area contributed by atoms with E-state index in [-0.39, 0.29) is 0 Å². The second-order valence-electron chi connectivity index (χ2n) is 3.52. The van der Waals surface area contributed by atoms with Crippen molar-refractivity contribution >= 4 is 22.3 Å². The first-order chi connectivity index (χ1) is 7.27. The van der Waals surface area contributed by atoms with Gasteiger partial charge in [0.05, 0.1) is 16.9 Å². The first-order valence-corrected chi connectivity index (χ1v) is 5.01. The van der Waals surface area contributed by atoms with Gasteiger partial charge in [0.25, 0.3) is 0 Å². The van der Waals surface area contributed by atoms with Crippen LogP contribution in [0, 0.1) is 6.92 Å². The molecule has 0 saturated heterocycles. The predicted octanol–water partition coefficient (Wildman–Crippen LogP) is 2.63. The molecule has 0 aliphatic carbocycles. The van der Waals surface area contributed by atoms with E-state index in [4.69, 9.17) is 0 Å². The predicted molar refractivity (Wildman–Crippen MR) is 65.6 cm³/mol. The van der Waals surface area contributed by atoms with Crippen molar-refractivity contribution in [2.75, 3.05) is 24.7 Å². The summed E-state index contributed by atoms with van der Waals surface area (Å²) in [7, 11) is 3.86. The molecule has 78 valence electrons. The minimum Gasteiger partial charge on any atom is -0.386 e. The minimum atomic E-state index is 1.06. The van der Waals surface area contributed by atoms with Crippen LogP contribution in [0.2, 0.25) is 0 Å². The Hall–Kier alpha value is -1.77. The van der Waals surface area contributed by atoms with Crippen molar-refractivity contribution in [1.29, 1.82) is 0 Å². The standard InChI is InChI=1S/C12H15N3/c1-8-7-10(13-2)12(14-3)9-5-4-6-15-11(8)9/h4-7,13-14H,1-3H3. The molecular weight excluding hydrogens is 186 g/mol. The average Bonchev–Trinajstić information content (AvgIpc) is 2.29. The lowest BCUT2D eigenvalue weighted by Crippen LogP contribution is -1.99. The molecule has 0 atom stereocenters. The number of rotatable bonds is 2. The molecule has 0 bridgehead atoms. The lowest BCUT2D eigenvalue weighted by molar-refractivity contribution is 1.35. The molecule has 0 amide bonds. The summed E-state index contributed by atoms with van der Waals surface area (Å²) in [6.07, 6.45) is 1.83. The van der Waals surface area contributed by atoms with Gasteiger partial charge in [0.2, 0.25) is 0 Å². The number of nitrogens with one attached hydrogen (secondary N) is 2. The number of aromatic nitrogens is 1. The Morgan fingerprint density at radius 1 is 1.20 bits per heavy atom. The molecule has 2 N–H and O–H groups in total. The van der Waals surface area contributed by atoms with Crippen LogP contribution in [0.25, 0.3) is 10.9 Å². The Balaban J connectivity index is 2.85. The summed E-state index contributed by atoms with van der Waals surface area (Å²) in [5.41, 5.74) is 4.46. The molecule has 1 heterocycles. The van der Waals surface area contributed by atoms with Crippen molar-refractivity contribution in [3.05, 3.63) is 30.0 Å². The maximum Gasteiger partial charge on any atom is 0.0753 e. The van der Waals surface area contributed by atoms with Gasteiger partial charge in [-0.2, -0.15) is 0 Å². The quantitative estimate of drug-likeness (QED) is 0.784. The van der Waals surface area contributed by atoms with Gasteiger partial charge in [-0.15, -0.1) is 0 Å². The zero-order chi connectivity index (χ0) is 10.8. The summed E-state index contributed by atoms with van der Waals surface area (Å²) < 4.78 is 0. The van der Waals surface area contributed by atoms with Crippen molar-refractivity contribution in [2.24, 2.45) is 0 Å². The Labute approximate surface area is 89.5 Å². The largest absolute Gasteiger partial charge is 0.386 e. The smallest absolute Gasteiger partial charge is 0.0753 e. The van der Waals surface area contributed by atoms with Crippen LogP contribution in [-0.4, -0.2) is 19.1 Å². The van der Waals surface area contributed by atoms with Gasteiger partial charge in [0, 0.05) is 25.7 Å². The van der Waals surface area contributed by atoms with E-state index in [1.54, 1.807) is 0 Å². The van der Waals surface area contributed by atoms with Gasteiger partial charge in [0.1, 0.15) is 0 Å². The van der Waals surface area contributed by atoms with Crippen molar-refractivity contribution in [3.8, 4) is 0 Å². The lowest BCUT2D eigenvalue weighted by atomic mass is 10.1. The number of hydrogen-bond donors (Lipinski definition) is 2. The third-order valence-electron chi connectivity index (χ3n) is 2.60. The van der Waals surface area contributed by atoms with Crippen molar-refractivity contribution in [1.82, 2.24) is 4.98 Å². The van der Waals surface area contributed by atoms with Crippen LogP contribution in [-0.2, 0) is 0 Å². The van der Waals surface area contributed by atoms with Gasteiger partial charge in [-0.1, -0.05) is 0 Å². The van der Waals surface area contributed by atoms with Crippen LogP contribution in [0.15, 0.2) is 24.4 Å². The topological polar surface area (TPSA) is 37.0 Å². The first-order valence-electron chi connectivity index (χ1n) is 5.01. The summed E-state index contributed by atoms with van der Waals surface area (Å²) in [6, 6.07) is 6.16. The maximum atomic E-state index is 4.40. The summed E-state index contributed by atoms with van der Waals surface area (Å²) in [5, 5.41) is 7.56. The number of pyridine rings is 1. The molecule has 2 aromatic rings. The van der Waals surface area contributed by atoms with Crippen LogP contribution in [0.4, 0.5) is 11.4 Å². The number of nitrogens with zero attached hydrogens (tertiary/aromatic N) is 1. The van der Waals surface area contributed by atoms with Gasteiger partial charge in [-0.3, -0.25) is 4.98 Å². The Morgan fingerprint density at radius 3 is 2.67 bits per heavy atom. The van der Waals surface area contributed by atoms with Crippen LogP contribution < -0.4 is 10.6 Å². The van der Waals surface area contributed by atoms with E-state index in [0.29, 0.717) is 0 Å². The molecule has 0 saturated carbocycles. The van der Waals surface area contributed by atoms with E-state index in [0.717, 1.165) is 22.3 Å². The number of hydrogen-bond acceptors (Lipinski definition) is 3. The van der Waals surface area contributed by atoms with Gasteiger partial charge in [-0.05, 0) is 30.7 Å². The highest BCUT2D eigenvalue weighted by atomic mass is 14.9. The fourth-order valence-electron chi connectivity index (χ4n) is 1.89. The molecule has 1 aromatic heterocycles. The van der Waals surface area contributed by atoms with Crippen molar-refractivity contribution in [2.45, 2.75) is 6.92 Å². The molecule has 2 rings (SSSR count). The van der Waals surface area contributed by atoms with Crippen LogP contribution in [0.3, 0.4) is 0 Å². The SMILES string of the molecule is CNc1cc(C)c2ncccc2c1NC. The summed E-state index contributed by atoms with van der Waals surface area (Å²) >= 11 is 0. The highest BCUT2D eigenvalue weighted by molar-refractivity contribution is 5.99. The monoisotopic (exact) mass is 201 g/mol. The van der Waals surface area contributed by atoms with E-state index in [2.05, 4.69) is 34.7 Å². The molecule has 0 radical (unpaired) electrons. The molecule has 3 heteroatoms. The fraction of sp³-hybridized carbons (Fsp3) is 0.250. The van der Waals surface area contributed by atoms with Crippen LogP contribution >= 0.6 is 0 Å². The summed E-state index contributed by atoms with van der Waals surface area (Å²) in [4.78, 5) is 4.40. The summed E-state index contributed by atoms with van der Waals surface area (Å²) in [5.74, 6) is 0. The van der Waals surface area contributed by atoms with Crippen LogP contribution in [0.5, 0.6) is 0 Å². The molecule has 1 aromatic carbocycles. The highest BCUT2D eigenvalue weighted by Gasteiger charge is 2.08. The molecule has 3 nitrogen and oxygen atoms in total. The van der Waals surface area contributed by atoms with Gasteiger partial charge < -0.3 is 10.6 Å². The zero-order valence-corrected chi connectivity index (χ0v) is 9.26. The second kappa shape index (κ2) is 3.77. The van der Waals surface area contributed by atoms with Gasteiger partial charge in [0.15, 0.2) is 0 Å².